The molecule has 0 amide bonds. The Bertz CT molecular complexity index is 1450. The number of anilines is 2. The summed E-state index contributed by atoms with van der Waals surface area (Å²) in [5.41, 5.74) is 5.29. The number of rotatable bonds is 7. The van der Waals surface area contributed by atoms with Gasteiger partial charge in [-0.2, -0.15) is 5.26 Å². The number of H-pyrrole nitrogens is 1. The van der Waals surface area contributed by atoms with E-state index in [2.05, 4.69) is 50.9 Å². The average Bonchev–Trinajstić information content (AvgIpc) is 3.46. The molecule has 0 spiro atoms. The quantitative estimate of drug-likeness (QED) is 0.263. The van der Waals surface area contributed by atoms with Gasteiger partial charge in [-0.25, -0.2) is 0 Å². The Balaban J connectivity index is 1.56. The minimum atomic E-state index is 0.124. The third-order valence-electron chi connectivity index (χ3n) is 5.38. The molecule has 7 heteroatoms. The fourth-order valence-corrected chi connectivity index (χ4v) is 4.90. The first-order valence-electron chi connectivity index (χ1n) is 10.3. The second kappa shape index (κ2) is 8.81. The lowest BCUT2D eigenvalue weighted by molar-refractivity contribution is 0.292. The van der Waals surface area contributed by atoms with Gasteiger partial charge in [0, 0.05) is 63.4 Å². The van der Waals surface area contributed by atoms with Crippen molar-refractivity contribution in [1.29, 1.82) is 5.26 Å². The van der Waals surface area contributed by atoms with Gasteiger partial charge >= 0.3 is 0 Å². The molecule has 5 aromatic rings. The number of aliphatic hydroxyl groups is 1. The minimum Gasteiger partial charge on any atom is -0.395 e. The second-order valence-electron chi connectivity index (χ2n) is 7.47. The number of hydrogen-bond donors (Lipinski definition) is 4. The zero-order valence-electron chi connectivity index (χ0n) is 17.2. The van der Waals surface area contributed by atoms with Crippen LogP contribution in [0.1, 0.15) is 11.1 Å². The van der Waals surface area contributed by atoms with Gasteiger partial charge < -0.3 is 20.7 Å². The molecule has 0 aliphatic heterocycles. The van der Waals surface area contributed by atoms with E-state index in [4.69, 9.17) is 5.11 Å². The molecule has 0 unspecified atom stereocenters. The van der Waals surface area contributed by atoms with Gasteiger partial charge in [0.25, 0.3) is 0 Å². The van der Waals surface area contributed by atoms with Crippen LogP contribution in [0.2, 0.25) is 0 Å². The number of fused-ring (bicyclic) bond motifs is 2. The molecular weight excluding hydrogens is 418 g/mol. The van der Waals surface area contributed by atoms with Crippen LogP contribution >= 0.6 is 11.3 Å². The van der Waals surface area contributed by atoms with Gasteiger partial charge in [0.15, 0.2) is 0 Å². The third kappa shape index (κ3) is 3.83. The molecule has 0 fully saturated rings. The zero-order valence-corrected chi connectivity index (χ0v) is 18.0. The summed E-state index contributed by atoms with van der Waals surface area (Å²) in [6, 6.07) is 18.9. The normalized spacial score (nSPS) is 11.1. The summed E-state index contributed by atoms with van der Waals surface area (Å²) in [5.74, 6) is 0. The molecule has 3 aromatic heterocycles. The summed E-state index contributed by atoms with van der Waals surface area (Å²) in [7, 11) is 0. The summed E-state index contributed by atoms with van der Waals surface area (Å²) in [6.07, 6.45) is 5.32. The van der Waals surface area contributed by atoms with Crippen LogP contribution < -0.4 is 10.6 Å². The SMILES string of the molecule is N#Cc1cncc(-c2cc3cc(CNCCO)ccc3s2)c1Nc1cccc2[nH]ccc12. The number of aromatic amines is 1. The number of aliphatic hydroxyl groups excluding tert-OH is 1. The van der Waals surface area contributed by atoms with Crippen LogP contribution in [0.25, 0.3) is 31.4 Å². The van der Waals surface area contributed by atoms with Crippen LogP contribution in [-0.4, -0.2) is 28.2 Å². The van der Waals surface area contributed by atoms with Gasteiger partial charge in [0.2, 0.25) is 0 Å². The van der Waals surface area contributed by atoms with Crippen molar-refractivity contribution in [3.8, 4) is 16.5 Å². The largest absolute Gasteiger partial charge is 0.395 e. The number of thiophene rings is 1. The second-order valence-corrected chi connectivity index (χ2v) is 8.56. The van der Waals surface area contributed by atoms with E-state index in [0.717, 1.165) is 43.7 Å². The Morgan fingerprint density at radius 3 is 2.94 bits per heavy atom. The molecule has 0 saturated carbocycles. The lowest BCUT2D eigenvalue weighted by Gasteiger charge is -2.13. The molecule has 0 saturated heterocycles. The molecule has 6 nitrogen and oxygen atoms in total. The average molecular weight is 440 g/mol. The van der Waals surface area contributed by atoms with E-state index in [0.29, 0.717) is 18.7 Å². The molecule has 3 heterocycles. The highest BCUT2D eigenvalue weighted by Gasteiger charge is 2.15. The van der Waals surface area contributed by atoms with Crippen LogP contribution in [-0.2, 0) is 6.54 Å². The summed E-state index contributed by atoms with van der Waals surface area (Å²) >= 11 is 1.68. The number of nitrogens with zero attached hydrogens (tertiary/aromatic N) is 2. The lowest BCUT2D eigenvalue weighted by Crippen LogP contribution is -2.17. The van der Waals surface area contributed by atoms with E-state index in [1.807, 2.05) is 36.7 Å². The van der Waals surface area contributed by atoms with Crippen LogP contribution in [0.5, 0.6) is 0 Å². The van der Waals surface area contributed by atoms with Crippen molar-refractivity contribution in [2.24, 2.45) is 0 Å². The molecular formula is C25H21N5OS. The first kappa shape index (κ1) is 20.2. The third-order valence-corrected chi connectivity index (χ3v) is 6.53. The Labute approximate surface area is 189 Å². The van der Waals surface area contributed by atoms with Crippen LogP contribution in [0.15, 0.2) is 67.1 Å². The fourth-order valence-electron chi connectivity index (χ4n) is 3.84. The Hall–Kier alpha value is -3.70. The number of nitrogens with one attached hydrogen (secondary N) is 3. The van der Waals surface area contributed by atoms with E-state index in [9.17, 15) is 5.26 Å². The summed E-state index contributed by atoms with van der Waals surface area (Å²) in [4.78, 5) is 8.61. The van der Waals surface area contributed by atoms with Crippen LogP contribution in [0.4, 0.5) is 11.4 Å². The highest BCUT2D eigenvalue weighted by Crippen LogP contribution is 2.40. The van der Waals surface area contributed by atoms with Gasteiger partial charge in [0.05, 0.1) is 17.9 Å². The van der Waals surface area contributed by atoms with E-state index in [1.165, 1.54) is 4.70 Å². The number of aromatic nitrogens is 2. The van der Waals surface area contributed by atoms with Crippen LogP contribution in [0.3, 0.4) is 0 Å². The summed E-state index contributed by atoms with van der Waals surface area (Å²) in [5, 5.41) is 27.7. The van der Waals surface area contributed by atoms with Crippen molar-refractivity contribution in [3.63, 3.8) is 0 Å². The van der Waals surface area contributed by atoms with Crippen molar-refractivity contribution in [2.75, 3.05) is 18.5 Å². The first-order valence-corrected chi connectivity index (χ1v) is 11.1. The summed E-state index contributed by atoms with van der Waals surface area (Å²) in [6.45, 7) is 1.41. The molecule has 2 aromatic carbocycles. The van der Waals surface area contributed by atoms with Gasteiger partial charge in [-0.05, 0) is 47.3 Å². The summed E-state index contributed by atoms with van der Waals surface area (Å²) < 4.78 is 1.17. The van der Waals surface area contributed by atoms with E-state index in [-0.39, 0.29) is 6.61 Å². The molecule has 0 aliphatic carbocycles. The first-order chi connectivity index (χ1) is 15.8. The lowest BCUT2D eigenvalue weighted by atomic mass is 10.1. The monoisotopic (exact) mass is 439 g/mol. The molecule has 5 rings (SSSR count). The minimum absolute atomic E-state index is 0.124. The van der Waals surface area contributed by atoms with Crippen molar-refractivity contribution in [3.05, 3.63) is 78.2 Å². The Morgan fingerprint density at radius 2 is 2.06 bits per heavy atom. The molecule has 0 radical (unpaired) electrons. The van der Waals surface area contributed by atoms with Crippen molar-refractivity contribution in [2.45, 2.75) is 6.54 Å². The van der Waals surface area contributed by atoms with Crippen LogP contribution in [0, 0.1) is 11.3 Å². The van der Waals surface area contributed by atoms with Crippen molar-refractivity contribution in [1.82, 2.24) is 15.3 Å². The molecule has 0 atom stereocenters. The predicted molar refractivity (Wildman–Crippen MR) is 130 cm³/mol. The van der Waals surface area contributed by atoms with Gasteiger partial charge in [0.1, 0.15) is 6.07 Å². The fraction of sp³-hybridized carbons (Fsp3) is 0.120. The highest BCUT2D eigenvalue weighted by atomic mass is 32.1. The number of pyridine rings is 1. The van der Waals surface area contributed by atoms with Gasteiger partial charge in [-0.3, -0.25) is 4.98 Å². The molecule has 0 bridgehead atoms. The standard InChI is InChI=1S/C25H21N5OS/c26-12-18-14-28-15-20(25(18)30-22-3-1-2-21-19(22)6-7-29-21)24-11-17-10-16(13-27-8-9-31)4-5-23(17)32-24/h1-7,10-11,14-15,27,29,31H,8-9,13H2,(H,28,30). The molecule has 158 valence electrons. The van der Waals surface area contributed by atoms with Crippen molar-refractivity contribution < 1.29 is 5.11 Å². The zero-order chi connectivity index (χ0) is 21.9. The molecule has 4 N–H and O–H groups in total. The van der Waals surface area contributed by atoms with E-state index < -0.39 is 0 Å². The highest BCUT2D eigenvalue weighted by molar-refractivity contribution is 7.22. The predicted octanol–water partition coefficient (Wildman–Crippen LogP) is 5.14. The Morgan fingerprint density at radius 1 is 1.12 bits per heavy atom. The number of hydrogen-bond acceptors (Lipinski definition) is 6. The Kier molecular flexibility index (Phi) is 5.57. The number of nitriles is 1. The van der Waals surface area contributed by atoms with E-state index in [1.54, 1.807) is 17.5 Å². The maximum Gasteiger partial charge on any atom is 0.103 e. The van der Waals surface area contributed by atoms with Gasteiger partial charge in [-0.15, -0.1) is 11.3 Å². The maximum atomic E-state index is 9.76. The number of benzene rings is 2. The maximum absolute atomic E-state index is 9.76. The molecule has 0 aliphatic rings. The van der Waals surface area contributed by atoms with Crippen molar-refractivity contribution >= 4 is 43.7 Å². The smallest absolute Gasteiger partial charge is 0.103 e. The van der Waals surface area contributed by atoms with E-state index >= 15 is 0 Å². The molecule has 32 heavy (non-hydrogen) atoms. The van der Waals surface area contributed by atoms with Gasteiger partial charge in [-0.1, -0.05) is 12.1 Å². The topological polar surface area (TPSA) is 96.8 Å².